The average molecular weight is 203 g/mol. The van der Waals surface area contributed by atoms with Crippen molar-refractivity contribution in [3.05, 3.63) is 35.6 Å². The van der Waals surface area contributed by atoms with E-state index in [1.165, 1.54) is 5.57 Å². The molecule has 15 heavy (non-hydrogen) atoms. The Morgan fingerprint density at radius 1 is 1.47 bits per heavy atom. The first-order chi connectivity index (χ1) is 7.02. The summed E-state index contributed by atoms with van der Waals surface area (Å²) in [6, 6.07) is 0.182. The van der Waals surface area contributed by atoms with Gasteiger partial charge in [-0.1, -0.05) is 31.6 Å². The lowest BCUT2D eigenvalue weighted by Gasteiger charge is -2.30. The van der Waals surface area contributed by atoms with Gasteiger partial charge in [-0.25, -0.2) is 0 Å². The van der Waals surface area contributed by atoms with E-state index in [2.05, 4.69) is 32.2 Å². The zero-order valence-electron chi connectivity index (χ0n) is 9.50. The largest absolute Gasteiger partial charge is 0.384 e. The molecule has 0 saturated carbocycles. The molecule has 0 bridgehead atoms. The third kappa shape index (κ3) is 1.65. The van der Waals surface area contributed by atoms with Crippen LogP contribution in [0.2, 0.25) is 0 Å². The molecule has 1 heterocycles. The lowest BCUT2D eigenvalue weighted by atomic mass is 9.75. The Kier molecular flexibility index (Phi) is 2.29. The van der Waals surface area contributed by atoms with Crippen molar-refractivity contribution in [2.45, 2.75) is 33.2 Å². The number of ketones is 1. The lowest BCUT2D eigenvalue weighted by Crippen LogP contribution is -2.32. The van der Waals surface area contributed by atoms with Crippen molar-refractivity contribution in [2.24, 2.45) is 5.41 Å². The van der Waals surface area contributed by atoms with Crippen molar-refractivity contribution in [3.63, 3.8) is 0 Å². The Morgan fingerprint density at radius 3 is 2.80 bits per heavy atom. The van der Waals surface area contributed by atoms with Crippen LogP contribution in [0.1, 0.15) is 27.2 Å². The Morgan fingerprint density at radius 2 is 2.20 bits per heavy atom. The SMILES string of the molecule is CC1=C(C2CC=CN2)C(=O)C=CC1(C)C. The van der Waals surface area contributed by atoms with Gasteiger partial charge in [-0.2, -0.15) is 0 Å². The van der Waals surface area contributed by atoms with Crippen LogP contribution >= 0.6 is 0 Å². The van der Waals surface area contributed by atoms with E-state index in [1.54, 1.807) is 6.08 Å². The maximum absolute atomic E-state index is 11.9. The van der Waals surface area contributed by atoms with Gasteiger partial charge in [0.15, 0.2) is 5.78 Å². The molecule has 80 valence electrons. The normalized spacial score (nSPS) is 28.5. The molecule has 2 aliphatic rings. The molecule has 0 radical (unpaired) electrons. The highest BCUT2D eigenvalue weighted by Gasteiger charge is 2.31. The van der Waals surface area contributed by atoms with Gasteiger partial charge in [0, 0.05) is 11.0 Å². The molecule has 1 aliphatic carbocycles. The van der Waals surface area contributed by atoms with Gasteiger partial charge in [0.2, 0.25) is 0 Å². The zero-order valence-corrected chi connectivity index (χ0v) is 9.50. The number of hydrogen-bond donors (Lipinski definition) is 1. The van der Waals surface area contributed by atoms with E-state index in [4.69, 9.17) is 0 Å². The Bertz CT molecular complexity index is 377. The Balaban J connectivity index is 2.38. The van der Waals surface area contributed by atoms with Crippen molar-refractivity contribution < 1.29 is 4.79 Å². The molecule has 0 fully saturated rings. The molecule has 1 atom stereocenters. The van der Waals surface area contributed by atoms with Gasteiger partial charge in [-0.3, -0.25) is 4.79 Å². The third-order valence-corrected chi connectivity index (χ3v) is 3.42. The van der Waals surface area contributed by atoms with Crippen molar-refractivity contribution in [1.29, 1.82) is 0 Å². The summed E-state index contributed by atoms with van der Waals surface area (Å²) in [5.41, 5.74) is 2.15. The molecule has 0 aromatic carbocycles. The fourth-order valence-electron chi connectivity index (χ4n) is 2.12. The lowest BCUT2D eigenvalue weighted by molar-refractivity contribution is -0.111. The molecule has 1 unspecified atom stereocenters. The molecule has 2 heteroatoms. The minimum atomic E-state index is 0.00745. The van der Waals surface area contributed by atoms with Gasteiger partial charge in [0.25, 0.3) is 0 Å². The highest BCUT2D eigenvalue weighted by molar-refractivity contribution is 6.06. The standard InChI is InChI=1S/C13H17NO/c1-9-12(10-5-4-8-14-10)11(15)6-7-13(9,2)3/h4,6-8,10,14H,5H2,1-3H3. The molecule has 1 N–H and O–H groups in total. The van der Waals surface area contributed by atoms with Crippen molar-refractivity contribution in [2.75, 3.05) is 0 Å². The van der Waals surface area contributed by atoms with Gasteiger partial charge in [-0.15, -0.1) is 0 Å². The van der Waals surface area contributed by atoms with E-state index >= 15 is 0 Å². The van der Waals surface area contributed by atoms with Gasteiger partial charge in [0.05, 0.1) is 6.04 Å². The number of carbonyl (C=O) groups excluding carboxylic acids is 1. The van der Waals surface area contributed by atoms with Crippen molar-refractivity contribution in [3.8, 4) is 0 Å². The monoisotopic (exact) mass is 203 g/mol. The van der Waals surface area contributed by atoms with Crippen LogP contribution in [0, 0.1) is 5.41 Å². The average Bonchev–Trinajstić information content (AvgIpc) is 2.66. The van der Waals surface area contributed by atoms with E-state index in [9.17, 15) is 4.79 Å². The van der Waals surface area contributed by atoms with Crippen LogP contribution in [-0.4, -0.2) is 11.8 Å². The molecule has 1 aliphatic heterocycles. The molecule has 0 spiro atoms. The number of hydrogen-bond acceptors (Lipinski definition) is 2. The zero-order chi connectivity index (χ0) is 11.1. The summed E-state index contributed by atoms with van der Waals surface area (Å²) in [5.74, 6) is 0.160. The van der Waals surface area contributed by atoms with Crippen LogP contribution in [0.5, 0.6) is 0 Å². The predicted molar refractivity (Wildman–Crippen MR) is 61.3 cm³/mol. The second-order valence-electron chi connectivity index (χ2n) is 4.82. The van der Waals surface area contributed by atoms with Crippen LogP contribution < -0.4 is 5.32 Å². The first kappa shape index (κ1) is 10.2. The summed E-state index contributed by atoms with van der Waals surface area (Å²) < 4.78 is 0. The van der Waals surface area contributed by atoms with Gasteiger partial charge in [-0.05, 0) is 25.6 Å². The highest BCUT2D eigenvalue weighted by Crippen LogP contribution is 2.36. The fourth-order valence-corrected chi connectivity index (χ4v) is 2.12. The van der Waals surface area contributed by atoms with Crippen LogP contribution in [-0.2, 0) is 4.79 Å². The second kappa shape index (κ2) is 3.37. The predicted octanol–water partition coefficient (Wildman–Crippen LogP) is 2.34. The number of carbonyl (C=O) groups is 1. The Labute approximate surface area is 90.7 Å². The smallest absolute Gasteiger partial charge is 0.183 e. The maximum Gasteiger partial charge on any atom is 0.183 e. The number of rotatable bonds is 1. The van der Waals surface area contributed by atoms with Gasteiger partial charge >= 0.3 is 0 Å². The van der Waals surface area contributed by atoms with E-state index < -0.39 is 0 Å². The first-order valence-electron chi connectivity index (χ1n) is 5.38. The Hall–Kier alpha value is -1.31. The second-order valence-corrected chi connectivity index (χ2v) is 4.82. The molecule has 0 aromatic rings. The maximum atomic E-state index is 11.9. The third-order valence-electron chi connectivity index (χ3n) is 3.42. The first-order valence-corrected chi connectivity index (χ1v) is 5.38. The van der Waals surface area contributed by atoms with Crippen molar-refractivity contribution >= 4 is 5.78 Å². The van der Waals surface area contributed by atoms with Crippen LogP contribution in [0.3, 0.4) is 0 Å². The van der Waals surface area contributed by atoms with Gasteiger partial charge in [0.1, 0.15) is 0 Å². The highest BCUT2D eigenvalue weighted by atomic mass is 16.1. The minimum absolute atomic E-state index is 0.00745. The van der Waals surface area contributed by atoms with Crippen LogP contribution in [0.25, 0.3) is 0 Å². The number of allylic oxidation sites excluding steroid dienone is 3. The van der Waals surface area contributed by atoms with Crippen molar-refractivity contribution in [1.82, 2.24) is 5.32 Å². The molecular formula is C13H17NO. The minimum Gasteiger partial charge on any atom is -0.384 e. The summed E-state index contributed by atoms with van der Waals surface area (Å²) in [5, 5.41) is 3.23. The molecule has 2 nitrogen and oxygen atoms in total. The molecule has 0 saturated heterocycles. The number of nitrogens with one attached hydrogen (secondary N) is 1. The summed E-state index contributed by atoms with van der Waals surface area (Å²) in [7, 11) is 0. The molecular weight excluding hydrogens is 186 g/mol. The van der Waals surface area contributed by atoms with E-state index in [0.29, 0.717) is 0 Å². The molecule has 0 amide bonds. The van der Waals surface area contributed by atoms with E-state index in [0.717, 1.165) is 12.0 Å². The summed E-state index contributed by atoms with van der Waals surface area (Å²) >= 11 is 0. The quantitative estimate of drug-likeness (QED) is 0.708. The summed E-state index contributed by atoms with van der Waals surface area (Å²) in [6.45, 7) is 6.36. The molecule has 2 rings (SSSR count). The van der Waals surface area contributed by atoms with Crippen LogP contribution in [0.15, 0.2) is 35.6 Å². The summed E-state index contributed by atoms with van der Waals surface area (Å²) in [4.78, 5) is 11.9. The van der Waals surface area contributed by atoms with Crippen LogP contribution in [0.4, 0.5) is 0 Å². The van der Waals surface area contributed by atoms with E-state index in [1.807, 2.05) is 12.3 Å². The van der Waals surface area contributed by atoms with Gasteiger partial charge < -0.3 is 5.32 Å². The topological polar surface area (TPSA) is 29.1 Å². The molecule has 0 aromatic heterocycles. The summed E-state index contributed by atoms with van der Waals surface area (Å²) in [6.07, 6.45) is 8.63. The van der Waals surface area contributed by atoms with E-state index in [-0.39, 0.29) is 17.2 Å². The fraction of sp³-hybridized carbons (Fsp3) is 0.462.